The molecule has 0 atom stereocenters. The van der Waals surface area contributed by atoms with E-state index in [2.05, 4.69) is 0 Å². The van der Waals surface area contributed by atoms with Crippen LogP contribution in [0.5, 0.6) is 0 Å². The van der Waals surface area contributed by atoms with Crippen LogP contribution in [0.25, 0.3) is 0 Å². The second kappa shape index (κ2) is 3.72. The van der Waals surface area contributed by atoms with Crippen LogP contribution in [-0.2, 0) is 19.1 Å². The lowest BCUT2D eigenvalue weighted by atomic mass is 9.86. The van der Waals surface area contributed by atoms with Crippen molar-refractivity contribution in [2.45, 2.75) is 39.0 Å². The number of esters is 2. The van der Waals surface area contributed by atoms with Crippen LogP contribution in [0, 0.1) is 5.92 Å². The highest BCUT2D eigenvalue weighted by Gasteiger charge is 2.44. The summed E-state index contributed by atoms with van der Waals surface area (Å²) in [7, 11) is 0. The maximum absolute atomic E-state index is 11.7. The molecule has 4 heteroatoms. The second-order valence-electron chi connectivity index (χ2n) is 4.78. The number of carbonyl (C=O) groups excluding carboxylic acids is 2. The van der Waals surface area contributed by atoms with Crippen molar-refractivity contribution in [2.75, 3.05) is 0 Å². The van der Waals surface area contributed by atoms with Gasteiger partial charge in [-0.05, 0) is 19.8 Å². The van der Waals surface area contributed by atoms with E-state index in [-0.39, 0.29) is 5.92 Å². The number of cyclic esters (lactones) is 2. The second-order valence-corrected chi connectivity index (χ2v) is 4.78. The SMILES string of the molecule is CC1=C2C(=O)OC(C3CCCCC3)=C2C(=O)O1. The first-order valence-electron chi connectivity index (χ1n) is 6.08. The molecular formula is C13H14O4. The van der Waals surface area contributed by atoms with E-state index in [9.17, 15) is 9.59 Å². The van der Waals surface area contributed by atoms with Crippen molar-refractivity contribution < 1.29 is 19.1 Å². The molecule has 4 nitrogen and oxygen atoms in total. The Morgan fingerprint density at radius 3 is 2.29 bits per heavy atom. The average molecular weight is 234 g/mol. The molecule has 3 aliphatic rings. The predicted octanol–water partition coefficient (Wildman–Crippen LogP) is 2.21. The third-order valence-electron chi connectivity index (χ3n) is 3.68. The van der Waals surface area contributed by atoms with Crippen molar-refractivity contribution in [3.05, 3.63) is 22.7 Å². The summed E-state index contributed by atoms with van der Waals surface area (Å²) < 4.78 is 10.3. The fourth-order valence-electron chi connectivity index (χ4n) is 2.84. The minimum atomic E-state index is -0.427. The molecule has 1 aliphatic carbocycles. The molecule has 2 aliphatic heterocycles. The standard InChI is InChI=1S/C13H14O4/c1-7-9-10(13(15)16-7)11(17-12(9)14)8-5-3-2-4-6-8/h8H,2-6H2,1H3. The van der Waals surface area contributed by atoms with Crippen molar-refractivity contribution in [2.24, 2.45) is 5.92 Å². The molecule has 0 amide bonds. The van der Waals surface area contributed by atoms with Crippen LogP contribution in [0.1, 0.15) is 39.0 Å². The van der Waals surface area contributed by atoms with Gasteiger partial charge in [-0.15, -0.1) is 0 Å². The topological polar surface area (TPSA) is 52.6 Å². The van der Waals surface area contributed by atoms with E-state index in [1.807, 2.05) is 0 Å². The summed E-state index contributed by atoms with van der Waals surface area (Å²) in [6.07, 6.45) is 5.47. The van der Waals surface area contributed by atoms with Gasteiger partial charge in [-0.2, -0.15) is 0 Å². The molecule has 0 saturated heterocycles. The Kier molecular flexibility index (Phi) is 2.31. The van der Waals surface area contributed by atoms with Gasteiger partial charge in [0.05, 0.1) is 0 Å². The lowest BCUT2D eigenvalue weighted by molar-refractivity contribution is -0.134. The zero-order valence-corrected chi connectivity index (χ0v) is 9.75. The largest absolute Gasteiger partial charge is 0.427 e. The molecule has 1 fully saturated rings. The molecule has 17 heavy (non-hydrogen) atoms. The van der Waals surface area contributed by atoms with Crippen LogP contribution in [0.3, 0.4) is 0 Å². The van der Waals surface area contributed by atoms with Gasteiger partial charge in [0.15, 0.2) is 0 Å². The zero-order valence-electron chi connectivity index (χ0n) is 9.75. The highest BCUT2D eigenvalue weighted by atomic mass is 16.6. The lowest BCUT2D eigenvalue weighted by Gasteiger charge is -2.21. The number of ether oxygens (including phenoxy) is 2. The summed E-state index contributed by atoms with van der Waals surface area (Å²) in [6, 6.07) is 0. The molecule has 90 valence electrons. The van der Waals surface area contributed by atoms with Gasteiger partial charge >= 0.3 is 11.9 Å². The van der Waals surface area contributed by atoms with E-state index in [1.165, 1.54) is 6.42 Å². The quantitative estimate of drug-likeness (QED) is 0.653. The van der Waals surface area contributed by atoms with Crippen LogP contribution in [0.2, 0.25) is 0 Å². The average Bonchev–Trinajstić information content (AvgIpc) is 2.81. The summed E-state index contributed by atoms with van der Waals surface area (Å²) in [4.78, 5) is 23.4. The van der Waals surface area contributed by atoms with Crippen molar-refractivity contribution in [1.29, 1.82) is 0 Å². The Morgan fingerprint density at radius 2 is 1.59 bits per heavy atom. The number of fused-ring (bicyclic) bond motifs is 1. The van der Waals surface area contributed by atoms with Gasteiger partial charge in [0.2, 0.25) is 0 Å². The van der Waals surface area contributed by atoms with E-state index < -0.39 is 11.9 Å². The Morgan fingerprint density at radius 1 is 0.941 bits per heavy atom. The highest BCUT2D eigenvalue weighted by Crippen LogP contribution is 2.42. The van der Waals surface area contributed by atoms with Gasteiger partial charge < -0.3 is 9.47 Å². The van der Waals surface area contributed by atoms with Gasteiger partial charge in [0, 0.05) is 5.92 Å². The van der Waals surface area contributed by atoms with E-state index >= 15 is 0 Å². The number of carbonyl (C=O) groups is 2. The fraction of sp³-hybridized carbons (Fsp3) is 0.538. The van der Waals surface area contributed by atoms with E-state index in [0.717, 1.165) is 25.7 Å². The van der Waals surface area contributed by atoms with Crippen molar-refractivity contribution in [3.8, 4) is 0 Å². The first-order valence-corrected chi connectivity index (χ1v) is 6.08. The Labute approximate surface area is 99.3 Å². The molecule has 0 spiro atoms. The fourth-order valence-corrected chi connectivity index (χ4v) is 2.84. The first kappa shape index (κ1) is 10.6. The minimum Gasteiger partial charge on any atom is -0.427 e. The van der Waals surface area contributed by atoms with Crippen molar-refractivity contribution >= 4 is 11.9 Å². The monoisotopic (exact) mass is 234 g/mol. The van der Waals surface area contributed by atoms with E-state index in [0.29, 0.717) is 22.7 Å². The summed E-state index contributed by atoms with van der Waals surface area (Å²) in [5.41, 5.74) is 0.731. The Hall–Kier alpha value is -1.58. The minimum absolute atomic E-state index is 0.207. The summed E-state index contributed by atoms with van der Waals surface area (Å²) in [5, 5.41) is 0. The van der Waals surface area contributed by atoms with Crippen LogP contribution >= 0.6 is 0 Å². The molecule has 1 saturated carbocycles. The molecular weight excluding hydrogens is 220 g/mol. The number of rotatable bonds is 1. The normalized spacial score (nSPS) is 25.2. The third kappa shape index (κ3) is 1.51. The van der Waals surface area contributed by atoms with Gasteiger partial charge in [0.1, 0.15) is 22.7 Å². The molecule has 0 aromatic rings. The first-order chi connectivity index (χ1) is 8.18. The highest BCUT2D eigenvalue weighted by molar-refractivity contribution is 6.13. The summed E-state index contributed by atoms with van der Waals surface area (Å²) >= 11 is 0. The van der Waals surface area contributed by atoms with E-state index in [1.54, 1.807) is 6.92 Å². The number of hydrogen-bond acceptors (Lipinski definition) is 4. The third-order valence-corrected chi connectivity index (χ3v) is 3.68. The Bertz CT molecular complexity index is 464. The van der Waals surface area contributed by atoms with Crippen molar-refractivity contribution in [1.82, 2.24) is 0 Å². The predicted molar refractivity (Wildman–Crippen MR) is 58.5 cm³/mol. The molecule has 3 rings (SSSR count). The summed E-state index contributed by atoms with van der Waals surface area (Å²) in [5.74, 6) is 0.291. The number of hydrogen-bond donors (Lipinski definition) is 0. The molecule has 0 aromatic carbocycles. The molecule has 0 N–H and O–H groups in total. The van der Waals surface area contributed by atoms with Gasteiger partial charge in [-0.1, -0.05) is 19.3 Å². The van der Waals surface area contributed by atoms with Crippen molar-refractivity contribution in [3.63, 3.8) is 0 Å². The van der Waals surface area contributed by atoms with Crippen LogP contribution in [0.4, 0.5) is 0 Å². The van der Waals surface area contributed by atoms with Crippen LogP contribution in [0.15, 0.2) is 22.7 Å². The molecule has 0 unspecified atom stereocenters. The molecule has 0 aromatic heterocycles. The van der Waals surface area contributed by atoms with Crippen LogP contribution < -0.4 is 0 Å². The molecule has 0 bridgehead atoms. The maximum Gasteiger partial charge on any atom is 0.347 e. The maximum atomic E-state index is 11.7. The van der Waals surface area contributed by atoms with Crippen LogP contribution in [-0.4, -0.2) is 11.9 Å². The van der Waals surface area contributed by atoms with E-state index in [4.69, 9.17) is 9.47 Å². The van der Waals surface area contributed by atoms with Gasteiger partial charge in [-0.3, -0.25) is 0 Å². The molecule has 2 heterocycles. The van der Waals surface area contributed by atoms with Gasteiger partial charge in [-0.25, -0.2) is 9.59 Å². The summed E-state index contributed by atoms with van der Waals surface area (Å²) in [6.45, 7) is 1.63. The number of allylic oxidation sites excluding steroid dienone is 2. The lowest BCUT2D eigenvalue weighted by Crippen LogP contribution is -2.13. The molecule has 0 radical (unpaired) electrons. The van der Waals surface area contributed by atoms with Gasteiger partial charge in [0.25, 0.3) is 0 Å². The smallest absolute Gasteiger partial charge is 0.347 e. The Balaban J connectivity index is 2.01. The zero-order chi connectivity index (χ0) is 12.0.